The molecule has 0 saturated heterocycles. The highest BCUT2D eigenvalue weighted by Crippen LogP contribution is 2.23. The summed E-state index contributed by atoms with van der Waals surface area (Å²) < 4.78 is 2.42. The Balaban J connectivity index is 1.52. The summed E-state index contributed by atoms with van der Waals surface area (Å²) in [5, 5.41) is 10.4. The zero-order chi connectivity index (χ0) is 18.6. The zero-order valence-electron chi connectivity index (χ0n) is 14.2. The van der Waals surface area contributed by atoms with E-state index in [0.717, 1.165) is 14.8 Å². The van der Waals surface area contributed by atoms with Gasteiger partial charge in [-0.3, -0.25) is 14.9 Å². The molecule has 0 aliphatic heterocycles. The molecule has 4 rings (SSSR count). The number of halogens is 1. The van der Waals surface area contributed by atoms with E-state index in [1.54, 1.807) is 29.2 Å². The molecule has 0 bridgehead atoms. The normalized spacial score (nSPS) is 10.9. The van der Waals surface area contributed by atoms with Crippen LogP contribution in [0.5, 0.6) is 0 Å². The number of anilines is 1. The third-order valence-corrected chi connectivity index (χ3v) is 5.27. The van der Waals surface area contributed by atoms with Crippen LogP contribution < -0.4 is 10.9 Å². The van der Waals surface area contributed by atoms with E-state index in [1.807, 2.05) is 36.4 Å². The standard InChI is InChI=1S/C19H16ClN5OS/c20-17-6-5-14(27-17)11-22-18-9-16(23-24-18)15-4-2-8-25(19(15)26)12-13-3-1-7-21-10-13/h1-10H,11-12H2,(H2,22,23,24). The monoisotopic (exact) mass is 397 g/mol. The average molecular weight is 398 g/mol. The molecule has 0 aromatic carbocycles. The molecule has 27 heavy (non-hydrogen) atoms. The molecule has 0 radical (unpaired) electrons. The Kier molecular flexibility index (Phi) is 5.04. The van der Waals surface area contributed by atoms with Crippen LogP contribution in [0.4, 0.5) is 5.82 Å². The highest BCUT2D eigenvalue weighted by Gasteiger charge is 2.10. The van der Waals surface area contributed by atoms with Crippen LogP contribution in [0.2, 0.25) is 4.34 Å². The van der Waals surface area contributed by atoms with Crippen molar-refractivity contribution in [1.29, 1.82) is 0 Å². The van der Waals surface area contributed by atoms with E-state index in [1.165, 1.54) is 11.3 Å². The number of H-pyrrole nitrogens is 1. The van der Waals surface area contributed by atoms with Crippen molar-refractivity contribution in [3.63, 3.8) is 0 Å². The van der Waals surface area contributed by atoms with Crippen molar-refractivity contribution in [3.05, 3.63) is 86.2 Å². The number of thiophene rings is 1. The number of rotatable bonds is 6. The molecule has 2 N–H and O–H groups in total. The Labute approximate surface area is 164 Å². The lowest BCUT2D eigenvalue weighted by molar-refractivity contribution is 0.757. The summed E-state index contributed by atoms with van der Waals surface area (Å²) in [6.07, 6.45) is 5.25. The van der Waals surface area contributed by atoms with Crippen molar-refractivity contribution in [2.45, 2.75) is 13.1 Å². The van der Waals surface area contributed by atoms with Crippen LogP contribution >= 0.6 is 22.9 Å². The fourth-order valence-corrected chi connectivity index (χ4v) is 3.76. The molecule has 0 unspecified atom stereocenters. The molecule has 0 spiro atoms. The van der Waals surface area contributed by atoms with Crippen LogP contribution in [0, 0.1) is 0 Å². The number of hydrogen-bond donors (Lipinski definition) is 2. The largest absolute Gasteiger partial charge is 0.364 e. The van der Waals surface area contributed by atoms with Gasteiger partial charge in [-0.25, -0.2) is 0 Å². The second-order valence-electron chi connectivity index (χ2n) is 5.94. The second-order valence-corrected chi connectivity index (χ2v) is 7.74. The van der Waals surface area contributed by atoms with Crippen LogP contribution in [0.15, 0.2) is 65.8 Å². The predicted molar refractivity (Wildman–Crippen MR) is 108 cm³/mol. The van der Waals surface area contributed by atoms with Crippen LogP contribution in [0.3, 0.4) is 0 Å². The Hall–Kier alpha value is -2.90. The SMILES string of the molecule is O=c1c(-c2cc(NCc3ccc(Cl)s3)n[nH]2)cccn1Cc1cccnc1. The van der Waals surface area contributed by atoms with E-state index in [9.17, 15) is 4.79 Å². The summed E-state index contributed by atoms with van der Waals surface area (Å²) in [4.78, 5) is 18.0. The van der Waals surface area contributed by atoms with Crippen molar-refractivity contribution >= 4 is 28.8 Å². The molecule has 0 aliphatic carbocycles. The number of aromatic amines is 1. The molecular weight excluding hydrogens is 382 g/mol. The van der Waals surface area contributed by atoms with Crippen molar-refractivity contribution in [2.24, 2.45) is 0 Å². The highest BCUT2D eigenvalue weighted by atomic mass is 35.5. The van der Waals surface area contributed by atoms with Gasteiger partial charge in [0.15, 0.2) is 0 Å². The molecule has 4 aromatic heterocycles. The fraction of sp³-hybridized carbons (Fsp3) is 0.105. The number of nitrogens with zero attached hydrogens (tertiary/aromatic N) is 3. The minimum atomic E-state index is -0.0819. The van der Waals surface area contributed by atoms with Gasteiger partial charge in [0.2, 0.25) is 0 Å². The van der Waals surface area contributed by atoms with Crippen LogP contribution in [-0.4, -0.2) is 19.7 Å². The van der Waals surface area contributed by atoms with Crippen LogP contribution in [0.25, 0.3) is 11.3 Å². The maximum Gasteiger partial charge on any atom is 0.260 e. The molecule has 136 valence electrons. The van der Waals surface area contributed by atoms with Gasteiger partial charge in [-0.15, -0.1) is 11.3 Å². The van der Waals surface area contributed by atoms with E-state index in [0.29, 0.717) is 30.2 Å². The molecule has 8 heteroatoms. The Morgan fingerprint density at radius 1 is 1.22 bits per heavy atom. The summed E-state index contributed by atoms with van der Waals surface area (Å²) in [6, 6.07) is 13.1. The first-order chi connectivity index (χ1) is 13.2. The van der Waals surface area contributed by atoms with Crippen molar-refractivity contribution in [2.75, 3.05) is 5.32 Å². The molecule has 4 heterocycles. The van der Waals surface area contributed by atoms with E-state index in [2.05, 4.69) is 20.5 Å². The Bertz CT molecular complexity index is 1100. The van der Waals surface area contributed by atoms with Gasteiger partial charge >= 0.3 is 0 Å². The third-order valence-electron chi connectivity index (χ3n) is 4.04. The van der Waals surface area contributed by atoms with Crippen LogP contribution in [0.1, 0.15) is 10.4 Å². The fourth-order valence-electron chi connectivity index (χ4n) is 2.73. The number of nitrogens with one attached hydrogen (secondary N) is 2. The number of aromatic nitrogens is 4. The lowest BCUT2D eigenvalue weighted by Crippen LogP contribution is -2.21. The molecule has 6 nitrogen and oxygen atoms in total. The van der Waals surface area contributed by atoms with Crippen molar-refractivity contribution in [1.82, 2.24) is 19.7 Å². The average Bonchev–Trinajstić information content (AvgIpc) is 3.31. The maximum absolute atomic E-state index is 12.8. The van der Waals surface area contributed by atoms with E-state index in [4.69, 9.17) is 11.6 Å². The van der Waals surface area contributed by atoms with Crippen LogP contribution in [-0.2, 0) is 13.1 Å². The summed E-state index contributed by atoms with van der Waals surface area (Å²) in [5.74, 6) is 0.677. The Morgan fingerprint density at radius 3 is 2.93 bits per heavy atom. The van der Waals surface area contributed by atoms with Gasteiger partial charge < -0.3 is 9.88 Å². The van der Waals surface area contributed by atoms with Gasteiger partial charge in [0.05, 0.1) is 28.7 Å². The van der Waals surface area contributed by atoms with Gasteiger partial charge in [0, 0.05) is 29.5 Å². The topological polar surface area (TPSA) is 75.6 Å². The molecule has 0 aliphatic rings. The van der Waals surface area contributed by atoms with E-state index < -0.39 is 0 Å². The quantitative estimate of drug-likeness (QED) is 0.515. The third kappa shape index (κ3) is 4.10. The molecule has 4 aromatic rings. The zero-order valence-corrected chi connectivity index (χ0v) is 15.8. The van der Waals surface area contributed by atoms with Gasteiger partial charge in [-0.2, -0.15) is 5.10 Å². The molecular formula is C19H16ClN5OS. The van der Waals surface area contributed by atoms with Gasteiger partial charge in [-0.1, -0.05) is 17.7 Å². The summed E-state index contributed by atoms with van der Waals surface area (Å²) >= 11 is 7.47. The first-order valence-corrected chi connectivity index (χ1v) is 9.51. The van der Waals surface area contributed by atoms with E-state index >= 15 is 0 Å². The van der Waals surface area contributed by atoms with Crippen molar-refractivity contribution in [3.8, 4) is 11.3 Å². The summed E-state index contributed by atoms with van der Waals surface area (Å²) in [7, 11) is 0. The molecule has 0 atom stereocenters. The molecule has 0 saturated carbocycles. The maximum atomic E-state index is 12.8. The second kappa shape index (κ2) is 7.77. The van der Waals surface area contributed by atoms with Gasteiger partial charge in [0.1, 0.15) is 5.82 Å². The van der Waals surface area contributed by atoms with Gasteiger partial charge in [0.25, 0.3) is 5.56 Å². The molecule has 0 fully saturated rings. The number of pyridine rings is 2. The van der Waals surface area contributed by atoms with Crippen molar-refractivity contribution < 1.29 is 0 Å². The first-order valence-electron chi connectivity index (χ1n) is 8.31. The minimum absolute atomic E-state index is 0.0819. The lowest BCUT2D eigenvalue weighted by atomic mass is 10.2. The summed E-state index contributed by atoms with van der Waals surface area (Å²) in [5.41, 5.74) is 2.13. The Morgan fingerprint density at radius 2 is 2.15 bits per heavy atom. The minimum Gasteiger partial charge on any atom is -0.364 e. The smallest absolute Gasteiger partial charge is 0.260 e. The van der Waals surface area contributed by atoms with E-state index in [-0.39, 0.29) is 5.56 Å². The lowest BCUT2D eigenvalue weighted by Gasteiger charge is -2.07. The highest BCUT2D eigenvalue weighted by molar-refractivity contribution is 7.16. The predicted octanol–water partition coefficient (Wildman–Crippen LogP) is 4.01. The summed E-state index contributed by atoms with van der Waals surface area (Å²) in [6.45, 7) is 1.10. The van der Waals surface area contributed by atoms with Gasteiger partial charge in [-0.05, 0) is 35.9 Å². The first kappa shape index (κ1) is 17.5. The molecule has 0 amide bonds. The number of hydrogen-bond acceptors (Lipinski definition) is 5.